The molecule has 1 aromatic carbocycles. The maximum absolute atomic E-state index is 10.3. The highest BCUT2D eigenvalue weighted by atomic mass is 32.2. The second-order valence-electron chi connectivity index (χ2n) is 4.92. The van der Waals surface area contributed by atoms with Crippen molar-refractivity contribution in [1.82, 2.24) is 0 Å². The van der Waals surface area contributed by atoms with Crippen LogP contribution in [0.15, 0.2) is 57.9 Å². The molecule has 0 saturated carbocycles. The summed E-state index contributed by atoms with van der Waals surface area (Å²) in [5.74, 6) is 0. The molecule has 2 heteroatoms. The van der Waals surface area contributed by atoms with Gasteiger partial charge in [0.05, 0.1) is 5.60 Å². The Labute approximate surface area is 121 Å². The van der Waals surface area contributed by atoms with Crippen molar-refractivity contribution in [3.63, 3.8) is 0 Å². The number of thioether (sulfide) groups is 1. The Kier molecular flexibility index (Phi) is 6.40. The zero-order valence-corrected chi connectivity index (χ0v) is 13.1. The third-order valence-corrected chi connectivity index (χ3v) is 4.51. The highest BCUT2D eigenvalue weighted by Gasteiger charge is 2.17. The molecular weight excluding hydrogens is 252 g/mol. The van der Waals surface area contributed by atoms with Crippen LogP contribution >= 0.6 is 11.8 Å². The average Bonchev–Trinajstić information content (AvgIpc) is 2.44. The molecule has 0 aromatic heterocycles. The fraction of sp³-hybridized carbons (Fsp3) is 0.412. The van der Waals surface area contributed by atoms with E-state index in [9.17, 15) is 5.11 Å². The molecule has 0 aliphatic carbocycles. The second kappa shape index (κ2) is 7.56. The fourth-order valence-electron chi connectivity index (χ4n) is 1.63. The molecule has 0 unspecified atom stereocenters. The van der Waals surface area contributed by atoms with Gasteiger partial charge in [-0.25, -0.2) is 0 Å². The van der Waals surface area contributed by atoms with Crippen LogP contribution in [-0.4, -0.2) is 10.7 Å². The van der Waals surface area contributed by atoms with Crippen molar-refractivity contribution in [3.05, 3.63) is 53.0 Å². The Morgan fingerprint density at radius 3 is 2.21 bits per heavy atom. The van der Waals surface area contributed by atoms with E-state index in [-0.39, 0.29) is 0 Å². The quantitative estimate of drug-likeness (QED) is 0.570. The van der Waals surface area contributed by atoms with Gasteiger partial charge in [-0.3, -0.25) is 0 Å². The Hall–Kier alpha value is -0.990. The summed E-state index contributed by atoms with van der Waals surface area (Å²) in [7, 11) is 0. The molecule has 104 valence electrons. The van der Waals surface area contributed by atoms with Crippen molar-refractivity contribution >= 4 is 11.8 Å². The Morgan fingerprint density at radius 1 is 1.16 bits per heavy atom. The van der Waals surface area contributed by atoms with Gasteiger partial charge in [-0.2, -0.15) is 0 Å². The number of hydrogen-bond acceptors (Lipinski definition) is 2. The molecule has 0 spiro atoms. The summed E-state index contributed by atoms with van der Waals surface area (Å²) >= 11 is 1.74. The fourth-order valence-corrected chi connectivity index (χ4v) is 2.52. The Balaban J connectivity index is 2.87. The monoisotopic (exact) mass is 276 g/mol. The van der Waals surface area contributed by atoms with Crippen LogP contribution in [-0.2, 0) is 0 Å². The molecule has 0 heterocycles. The van der Waals surface area contributed by atoms with E-state index >= 15 is 0 Å². The summed E-state index contributed by atoms with van der Waals surface area (Å²) in [6, 6.07) is 10.3. The summed E-state index contributed by atoms with van der Waals surface area (Å²) in [4.78, 5) is 2.42. The first-order valence-electron chi connectivity index (χ1n) is 6.82. The second-order valence-corrected chi connectivity index (χ2v) is 6.04. The molecule has 0 fully saturated rings. The van der Waals surface area contributed by atoms with E-state index in [1.54, 1.807) is 11.8 Å². The lowest BCUT2D eigenvalue weighted by Gasteiger charge is -2.20. The summed E-state index contributed by atoms with van der Waals surface area (Å²) < 4.78 is 0. The van der Waals surface area contributed by atoms with Crippen LogP contribution in [0.25, 0.3) is 0 Å². The minimum absolute atomic E-state index is 0.683. The lowest BCUT2D eigenvalue weighted by molar-refractivity contribution is 0.0828. The standard InChI is InChI=1S/C17H24OS/c1-5-17(18,6-2)13-12-16(14(3)4)19-15-10-8-7-9-11-15/h7-13,18H,5-6H2,1-4H3/b13-12+. The van der Waals surface area contributed by atoms with Crippen molar-refractivity contribution in [2.75, 3.05) is 0 Å². The molecule has 0 saturated heterocycles. The van der Waals surface area contributed by atoms with Gasteiger partial charge in [-0.1, -0.05) is 55.5 Å². The van der Waals surface area contributed by atoms with Gasteiger partial charge in [0.2, 0.25) is 0 Å². The zero-order chi connectivity index (χ0) is 14.3. The first-order valence-corrected chi connectivity index (χ1v) is 7.64. The number of hydrogen-bond donors (Lipinski definition) is 1. The summed E-state index contributed by atoms with van der Waals surface area (Å²) in [6.45, 7) is 8.24. The van der Waals surface area contributed by atoms with Gasteiger partial charge in [0.25, 0.3) is 0 Å². The lowest BCUT2D eigenvalue weighted by atomic mass is 9.97. The van der Waals surface area contributed by atoms with E-state index < -0.39 is 5.60 Å². The molecule has 0 bridgehead atoms. The van der Waals surface area contributed by atoms with E-state index in [0.29, 0.717) is 0 Å². The smallest absolute Gasteiger partial charge is 0.0825 e. The Morgan fingerprint density at radius 2 is 1.74 bits per heavy atom. The molecule has 1 N–H and O–H groups in total. The third-order valence-electron chi connectivity index (χ3n) is 3.23. The SMILES string of the molecule is CCC(O)(/C=C/C(Sc1ccccc1)=C(C)C)CC. The molecule has 1 nitrogen and oxygen atoms in total. The highest BCUT2D eigenvalue weighted by molar-refractivity contribution is 8.03. The molecule has 0 aliphatic heterocycles. The van der Waals surface area contributed by atoms with Gasteiger partial charge >= 0.3 is 0 Å². The van der Waals surface area contributed by atoms with E-state index in [4.69, 9.17) is 0 Å². The predicted molar refractivity (Wildman–Crippen MR) is 85.3 cm³/mol. The van der Waals surface area contributed by atoms with Crippen LogP contribution in [0.4, 0.5) is 0 Å². The van der Waals surface area contributed by atoms with Gasteiger partial charge in [0, 0.05) is 9.80 Å². The Bertz CT molecular complexity index is 438. The molecule has 1 rings (SSSR count). The van der Waals surface area contributed by atoms with Crippen LogP contribution < -0.4 is 0 Å². The van der Waals surface area contributed by atoms with Crippen molar-refractivity contribution in [1.29, 1.82) is 0 Å². The van der Waals surface area contributed by atoms with Crippen molar-refractivity contribution < 1.29 is 5.11 Å². The van der Waals surface area contributed by atoms with E-state index in [0.717, 1.165) is 12.8 Å². The number of rotatable bonds is 6. The lowest BCUT2D eigenvalue weighted by Crippen LogP contribution is -2.22. The topological polar surface area (TPSA) is 20.2 Å². The van der Waals surface area contributed by atoms with E-state index in [1.165, 1.54) is 15.4 Å². The van der Waals surface area contributed by atoms with Crippen molar-refractivity contribution in [3.8, 4) is 0 Å². The number of allylic oxidation sites excluding steroid dienone is 2. The molecule has 0 radical (unpaired) electrons. The zero-order valence-electron chi connectivity index (χ0n) is 12.3. The van der Waals surface area contributed by atoms with Crippen LogP contribution in [0, 0.1) is 0 Å². The average molecular weight is 276 g/mol. The predicted octanol–water partition coefficient (Wildman–Crippen LogP) is 5.18. The molecule has 0 aliphatic rings. The van der Waals surface area contributed by atoms with E-state index in [1.807, 2.05) is 38.1 Å². The van der Waals surface area contributed by atoms with Gasteiger partial charge in [-0.05, 0) is 44.9 Å². The first-order chi connectivity index (χ1) is 9.00. The van der Waals surface area contributed by atoms with Crippen LogP contribution in [0.5, 0.6) is 0 Å². The molecule has 0 amide bonds. The van der Waals surface area contributed by atoms with Crippen LogP contribution in [0.1, 0.15) is 40.5 Å². The van der Waals surface area contributed by atoms with Crippen LogP contribution in [0.3, 0.4) is 0 Å². The molecule has 1 aromatic rings. The van der Waals surface area contributed by atoms with Crippen LogP contribution in [0.2, 0.25) is 0 Å². The van der Waals surface area contributed by atoms with Crippen molar-refractivity contribution in [2.24, 2.45) is 0 Å². The molecule has 0 atom stereocenters. The van der Waals surface area contributed by atoms with Crippen molar-refractivity contribution in [2.45, 2.75) is 51.0 Å². The van der Waals surface area contributed by atoms with Gasteiger partial charge in [-0.15, -0.1) is 0 Å². The summed E-state index contributed by atoms with van der Waals surface area (Å²) in [5.41, 5.74) is 0.581. The highest BCUT2D eigenvalue weighted by Crippen LogP contribution is 2.30. The number of aliphatic hydroxyl groups is 1. The minimum atomic E-state index is -0.683. The third kappa shape index (κ3) is 5.25. The molecule has 19 heavy (non-hydrogen) atoms. The van der Waals surface area contributed by atoms with Gasteiger partial charge in [0.1, 0.15) is 0 Å². The summed E-state index contributed by atoms with van der Waals surface area (Å²) in [6.07, 6.45) is 5.48. The maximum atomic E-state index is 10.3. The maximum Gasteiger partial charge on any atom is 0.0825 e. The number of benzene rings is 1. The normalized spacial score (nSPS) is 11.8. The van der Waals surface area contributed by atoms with Gasteiger partial charge < -0.3 is 5.11 Å². The van der Waals surface area contributed by atoms with E-state index in [2.05, 4.69) is 32.1 Å². The minimum Gasteiger partial charge on any atom is -0.386 e. The first kappa shape index (κ1) is 16.1. The molecular formula is C17H24OS. The summed E-state index contributed by atoms with van der Waals surface area (Å²) in [5, 5.41) is 10.3. The largest absolute Gasteiger partial charge is 0.386 e. The van der Waals surface area contributed by atoms with Gasteiger partial charge in [0.15, 0.2) is 0 Å².